The molecule has 0 aliphatic heterocycles. The predicted molar refractivity (Wildman–Crippen MR) is 73.0 cm³/mol. The summed E-state index contributed by atoms with van der Waals surface area (Å²) in [5, 5.41) is 12.0. The Balaban J connectivity index is 2.00. The van der Waals surface area contributed by atoms with Crippen LogP contribution in [0.3, 0.4) is 0 Å². The number of aryl methyl sites for hydroxylation is 1. The molecule has 0 fully saturated rings. The highest BCUT2D eigenvalue weighted by molar-refractivity contribution is 7.99. The maximum absolute atomic E-state index is 12.0. The second-order valence-electron chi connectivity index (χ2n) is 3.68. The SMILES string of the molecule is Cc1csc([C@@H](C#N)C(=O)CSc2ncccn2)n1. The second-order valence-corrected chi connectivity index (χ2v) is 5.51. The molecule has 7 heteroatoms. The summed E-state index contributed by atoms with van der Waals surface area (Å²) in [6, 6.07) is 3.72. The first kappa shape index (κ1) is 13.6. The maximum atomic E-state index is 12.0. The van der Waals surface area contributed by atoms with Crippen molar-refractivity contribution in [2.75, 3.05) is 5.75 Å². The van der Waals surface area contributed by atoms with E-state index in [-0.39, 0.29) is 11.5 Å². The van der Waals surface area contributed by atoms with Crippen LogP contribution < -0.4 is 0 Å². The van der Waals surface area contributed by atoms with Crippen LogP contribution in [-0.4, -0.2) is 26.5 Å². The molecule has 2 heterocycles. The van der Waals surface area contributed by atoms with Gasteiger partial charge in [0.2, 0.25) is 0 Å². The van der Waals surface area contributed by atoms with Gasteiger partial charge in [0, 0.05) is 23.5 Å². The number of aromatic nitrogens is 3. The largest absolute Gasteiger partial charge is 0.297 e. The Hall–Kier alpha value is -1.78. The van der Waals surface area contributed by atoms with Gasteiger partial charge in [-0.15, -0.1) is 11.3 Å². The molecular weight excluding hydrogens is 280 g/mol. The van der Waals surface area contributed by atoms with Crippen molar-refractivity contribution in [3.8, 4) is 6.07 Å². The monoisotopic (exact) mass is 290 g/mol. The molecule has 0 bridgehead atoms. The van der Waals surface area contributed by atoms with E-state index in [1.165, 1.54) is 23.1 Å². The molecule has 0 aliphatic carbocycles. The fraction of sp³-hybridized carbons (Fsp3) is 0.250. The molecule has 2 aromatic heterocycles. The molecule has 0 N–H and O–H groups in total. The number of nitriles is 1. The van der Waals surface area contributed by atoms with Gasteiger partial charge in [0.05, 0.1) is 11.8 Å². The summed E-state index contributed by atoms with van der Waals surface area (Å²) in [6.07, 6.45) is 3.23. The third-order valence-electron chi connectivity index (χ3n) is 2.22. The van der Waals surface area contributed by atoms with Gasteiger partial charge in [-0.1, -0.05) is 11.8 Å². The molecule has 0 radical (unpaired) electrons. The molecule has 19 heavy (non-hydrogen) atoms. The summed E-state index contributed by atoms with van der Waals surface area (Å²) < 4.78 is 0. The van der Waals surface area contributed by atoms with E-state index in [9.17, 15) is 4.79 Å². The third-order valence-corrected chi connectivity index (χ3v) is 4.15. The summed E-state index contributed by atoms with van der Waals surface area (Å²) in [5.74, 6) is -0.801. The van der Waals surface area contributed by atoms with Crippen molar-refractivity contribution in [3.63, 3.8) is 0 Å². The lowest BCUT2D eigenvalue weighted by atomic mass is 10.1. The fourth-order valence-electron chi connectivity index (χ4n) is 1.35. The van der Waals surface area contributed by atoms with Gasteiger partial charge in [0.1, 0.15) is 5.01 Å². The van der Waals surface area contributed by atoms with Crippen LogP contribution in [-0.2, 0) is 4.79 Å². The van der Waals surface area contributed by atoms with Crippen molar-refractivity contribution in [2.24, 2.45) is 0 Å². The van der Waals surface area contributed by atoms with Gasteiger partial charge in [0.15, 0.2) is 16.9 Å². The van der Waals surface area contributed by atoms with Crippen LogP contribution in [0.5, 0.6) is 0 Å². The van der Waals surface area contributed by atoms with Crippen molar-refractivity contribution < 1.29 is 4.79 Å². The minimum atomic E-state index is -0.796. The van der Waals surface area contributed by atoms with E-state index < -0.39 is 5.92 Å². The topological polar surface area (TPSA) is 79.5 Å². The smallest absolute Gasteiger partial charge is 0.187 e. The van der Waals surface area contributed by atoms with Gasteiger partial charge < -0.3 is 0 Å². The number of rotatable bonds is 5. The van der Waals surface area contributed by atoms with Crippen LogP contribution in [0.25, 0.3) is 0 Å². The van der Waals surface area contributed by atoms with Crippen molar-refractivity contribution in [2.45, 2.75) is 18.0 Å². The minimum Gasteiger partial charge on any atom is -0.297 e. The van der Waals surface area contributed by atoms with Gasteiger partial charge in [-0.25, -0.2) is 15.0 Å². The van der Waals surface area contributed by atoms with E-state index in [2.05, 4.69) is 15.0 Å². The second kappa shape index (κ2) is 6.41. The molecule has 0 amide bonds. The molecule has 2 rings (SSSR count). The summed E-state index contributed by atoms with van der Waals surface area (Å²) in [6.45, 7) is 1.84. The van der Waals surface area contributed by atoms with Crippen molar-refractivity contribution in [1.29, 1.82) is 5.26 Å². The predicted octanol–water partition coefficient (Wildman–Crippen LogP) is 2.21. The van der Waals surface area contributed by atoms with Crippen LogP contribution in [0, 0.1) is 18.3 Å². The lowest BCUT2D eigenvalue weighted by Crippen LogP contribution is -2.13. The van der Waals surface area contributed by atoms with Gasteiger partial charge in [-0.3, -0.25) is 4.79 Å². The standard InChI is InChI=1S/C12H10N4OS2/c1-8-6-18-11(16-8)9(5-13)10(17)7-19-12-14-3-2-4-15-12/h2-4,6,9H,7H2,1H3/t9-/m0/s1. The van der Waals surface area contributed by atoms with E-state index in [1.807, 2.05) is 18.4 Å². The quantitative estimate of drug-likeness (QED) is 0.620. The Labute approximate surface area is 118 Å². The number of ketones is 1. The first-order valence-corrected chi connectivity index (χ1v) is 7.31. The van der Waals surface area contributed by atoms with Crippen LogP contribution in [0.15, 0.2) is 29.0 Å². The molecule has 1 atom stereocenters. The molecule has 0 saturated carbocycles. The maximum Gasteiger partial charge on any atom is 0.187 e. The molecule has 0 aromatic carbocycles. The number of thiazole rings is 1. The van der Waals surface area contributed by atoms with E-state index in [4.69, 9.17) is 5.26 Å². The Morgan fingerprint density at radius 2 is 2.26 bits per heavy atom. The normalized spacial score (nSPS) is 11.8. The number of Topliss-reactive ketones (excluding diaryl/α,β-unsaturated/α-hetero) is 1. The molecule has 0 saturated heterocycles. The van der Waals surface area contributed by atoms with Gasteiger partial charge >= 0.3 is 0 Å². The molecule has 0 aliphatic rings. The minimum absolute atomic E-state index is 0.168. The number of carbonyl (C=O) groups is 1. The number of thioether (sulfide) groups is 1. The zero-order valence-electron chi connectivity index (χ0n) is 10.1. The van der Waals surface area contributed by atoms with Crippen LogP contribution in [0.4, 0.5) is 0 Å². The van der Waals surface area contributed by atoms with Crippen molar-refractivity contribution in [3.05, 3.63) is 34.5 Å². The van der Waals surface area contributed by atoms with E-state index in [0.29, 0.717) is 10.2 Å². The van der Waals surface area contributed by atoms with Crippen molar-refractivity contribution in [1.82, 2.24) is 15.0 Å². The van der Waals surface area contributed by atoms with Gasteiger partial charge in [-0.05, 0) is 13.0 Å². The highest BCUT2D eigenvalue weighted by atomic mass is 32.2. The lowest BCUT2D eigenvalue weighted by molar-refractivity contribution is -0.116. The van der Waals surface area contributed by atoms with Crippen molar-refractivity contribution >= 4 is 28.9 Å². The molecule has 96 valence electrons. The zero-order valence-corrected chi connectivity index (χ0v) is 11.7. The average Bonchev–Trinajstić information content (AvgIpc) is 2.85. The number of nitrogens with zero attached hydrogens (tertiary/aromatic N) is 4. The third kappa shape index (κ3) is 3.59. The fourth-order valence-corrected chi connectivity index (χ4v) is 2.92. The lowest BCUT2D eigenvalue weighted by Gasteiger charge is -2.03. The number of hydrogen-bond donors (Lipinski definition) is 0. The molecule has 2 aromatic rings. The Kier molecular flexibility index (Phi) is 4.60. The Bertz CT molecular complexity index is 606. The molecule has 0 spiro atoms. The molecular formula is C12H10N4OS2. The summed E-state index contributed by atoms with van der Waals surface area (Å²) >= 11 is 2.56. The zero-order chi connectivity index (χ0) is 13.7. The first-order chi connectivity index (χ1) is 9.20. The van der Waals surface area contributed by atoms with Gasteiger partial charge in [0.25, 0.3) is 0 Å². The van der Waals surface area contributed by atoms with Crippen LogP contribution in [0.1, 0.15) is 16.6 Å². The Morgan fingerprint density at radius 1 is 1.53 bits per heavy atom. The average molecular weight is 290 g/mol. The number of hydrogen-bond acceptors (Lipinski definition) is 7. The summed E-state index contributed by atoms with van der Waals surface area (Å²) in [5.41, 5.74) is 0.826. The molecule has 5 nitrogen and oxygen atoms in total. The van der Waals surface area contributed by atoms with Gasteiger partial charge in [-0.2, -0.15) is 5.26 Å². The van der Waals surface area contributed by atoms with Crippen LogP contribution >= 0.6 is 23.1 Å². The van der Waals surface area contributed by atoms with Crippen LogP contribution in [0.2, 0.25) is 0 Å². The van der Waals surface area contributed by atoms with E-state index in [1.54, 1.807) is 18.5 Å². The number of carbonyl (C=O) groups excluding carboxylic acids is 1. The Morgan fingerprint density at radius 3 is 2.84 bits per heavy atom. The van der Waals surface area contributed by atoms with E-state index >= 15 is 0 Å². The first-order valence-electron chi connectivity index (χ1n) is 5.45. The summed E-state index contributed by atoms with van der Waals surface area (Å²) in [7, 11) is 0. The summed E-state index contributed by atoms with van der Waals surface area (Å²) in [4.78, 5) is 24.3. The molecule has 0 unspecified atom stereocenters. The highest BCUT2D eigenvalue weighted by Crippen LogP contribution is 2.23. The highest BCUT2D eigenvalue weighted by Gasteiger charge is 2.23. The van der Waals surface area contributed by atoms with E-state index in [0.717, 1.165) is 5.69 Å².